The molecule has 0 bridgehead atoms. The van der Waals surface area contributed by atoms with Crippen LogP contribution in [0, 0.1) is 0 Å². The number of rotatable bonds is 2. The number of carbonyl (C=O) groups excluding carboxylic acids is 1. The van der Waals surface area contributed by atoms with E-state index >= 15 is 0 Å². The molecule has 0 aliphatic carbocycles. The molecule has 1 saturated heterocycles. The molecule has 1 aromatic carbocycles. The average molecular weight is 371 g/mol. The first-order valence-electron chi connectivity index (χ1n) is 8.19. The highest BCUT2D eigenvalue weighted by atomic mass is 32.2. The third-order valence-electron chi connectivity index (χ3n) is 4.36. The van der Waals surface area contributed by atoms with E-state index in [0.717, 1.165) is 17.6 Å². The Morgan fingerprint density at radius 3 is 2.88 bits per heavy atom. The second-order valence-corrected chi connectivity index (χ2v) is 8.23. The standard InChI is InChI=1S/C19H17NO3S2/c21-18(14-12-13-4-1-2-5-15(13)23-19(14)22)20-8-7-17(25-11-9-20)16-6-3-10-24-16/h1-6,10,12,17H,7-9,11H2. The fraction of sp³-hybridized carbons (Fsp3) is 0.263. The summed E-state index contributed by atoms with van der Waals surface area (Å²) in [6.45, 7) is 1.30. The summed E-state index contributed by atoms with van der Waals surface area (Å²) in [4.78, 5) is 28.2. The molecular formula is C19H17NO3S2. The van der Waals surface area contributed by atoms with Crippen LogP contribution in [0.5, 0.6) is 0 Å². The molecular weight excluding hydrogens is 354 g/mol. The quantitative estimate of drug-likeness (QED) is 0.634. The Hall–Kier alpha value is -2.05. The van der Waals surface area contributed by atoms with E-state index < -0.39 is 5.63 Å². The van der Waals surface area contributed by atoms with Gasteiger partial charge in [-0.05, 0) is 30.0 Å². The first-order valence-corrected chi connectivity index (χ1v) is 10.1. The second kappa shape index (κ2) is 7.06. The van der Waals surface area contributed by atoms with Crippen molar-refractivity contribution in [1.82, 2.24) is 4.90 Å². The molecule has 3 aromatic rings. The highest BCUT2D eigenvalue weighted by Gasteiger charge is 2.25. The minimum Gasteiger partial charge on any atom is -0.422 e. The van der Waals surface area contributed by atoms with E-state index in [2.05, 4.69) is 17.5 Å². The largest absolute Gasteiger partial charge is 0.422 e. The van der Waals surface area contributed by atoms with Gasteiger partial charge in [0.05, 0.1) is 0 Å². The Labute approximate surface area is 153 Å². The van der Waals surface area contributed by atoms with Gasteiger partial charge in [-0.25, -0.2) is 4.79 Å². The van der Waals surface area contributed by atoms with Crippen LogP contribution in [0.1, 0.15) is 26.9 Å². The Kier molecular flexibility index (Phi) is 4.63. The first-order chi connectivity index (χ1) is 12.2. The van der Waals surface area contributed by atoms with E-state index in [9.17, 15) is 9.59 Å². The number of nitrogens with zero attached hydrogens (tertiary/aromatic N) is 1. The Morgan fingerprint density at radius 2 is 2.04 bits per heavy atom. The first kappa shape index (κ1) is 16.4. The van der Waals surface area contributed by atoms with Gasteiger partial charge in [0, 0.05) is 34.4 Å². The van der Waals surface area contributed by atoms with Gasteiger partial charge in [-0.15, -0.1) is 11.3 Å². The number of amides is 1. The lowest BCUT2D eigenvalue weighted by Crippen LogP contribution is -2.35. The van der Waals surface area contributed by atoms with Gasteiger partial charge in [0.15, 0.2) is 0 Å². The van der Waals surface area contributed by atoms with E-state index in [1.165, 1.54) is 4.88 Å². The Morgan fingerprint density at radius 1 is 1.16 bits per heavy atom. The molecule has 2 aromatic heterocycles. The van der Waals surface area contributed by atoms with Crippen molar-refractivity contribution in [2.75, 3.05) is 18.8 Å². The predicted molar refractivity (Wildman–Crippen MR) is 103 cm³/mol. The molecule has 1 amide bonds. The van der Waals surface area contributed by atoms with Crippen molar-refractivity contribution in [2.24, 2.45) is 0 Å². The van der Waals surface area contributed by atoms with Crippen molar-refractivity contribution in [3.63, 3.8) is 0 Å². The summed E-state index contributed by atoms with van der Waals surface area (Å²) >= 11 is 3.64. The fourth-order valence-electron chi connectivity index (χ4n) is 3.06. The molecule has 0 N–H and O–H groups in total. The van der Waals surface area contributed by atoms with Crippen molar-refractivity contribution in [2.45, 2.75) is 11.7 Å². The average Bonchev–Trinajstić information content (AvgIpc) is 3.05. The summed E-state index contributed by atoms with van der Waals surface area (Å²) in [5, 5.41) is 3.28. The number of benzene rings is 1. The molecule has 1 aliphatic rings. The van der Waals surface area contributed by atoms with Gasteiger partial charge in [-0.2, -0.15) is 11.8 Å². The van der Waals surface area contributed by atoms with Gasteiger partial charge in [0.1, 0.15) is 11.1 Å². The van der Waals surface area contributed by atoms with Crippen molar-refractivity contribution in [3.05, 3.63) is 68.7 Å². The van der Waals surface area contributed by atoms with Crippen molar-refractivity contribution in [3.8, 4) is 0 Å². The van der Waals surface area contributed by atoms with E-state index in [4.69, 9.17) is 4.42 Å². The number of hydrogen-bond donors (Lipinski definition) is 0. The molecule has 4 rings (SSSR count). The van der Waals surface area contributed by atoms with Crippen molar-refractivity contribution in [1.29, 1.82) is 0 Å². The topological polar surface area (TPSA) is 50.5 Å². The summed E-state index contributed by atoms with van der Waals surface area (Å²) in [6.07, 6.45) is 0.899. The molecule has 128 valence electrons. The number of thioether (sulfide) groups is 1. The van der Waals surface area contributed by atoms with Crippen LogP contribution < -0.4 is 5.63 Å². The molecule has 3 heterocycles. The summed E-state index contributed by atoms with van der Waals surface area (Å²) in [7, 11) is 0. The highest BCUT2D eigenvalue weighted by molar-refractivity contribution is 7.99. The second-order valence-electron chi connectivity index (χ2n) is 5.94. The lowest BCUT2D eigenvalue weighted by molar-refractivity contribution is 0.0762. The van der Waals surface area contributed by atoms with Crippen LogP contribution in [0.2, 0.25) is 0 Å². The van der Waals surface area contributed by atoms with Crippen LogP contribution in [0.3, 0.4) is 0 Å². The van der Waals surface area contributed by atoms with E-state index in [1.807, 2.05) is 30.0 Å². The third-order valence-corrected chi connectivity index (χ3v) is 6.81. The summed E-state index contributed by atoms with van der Waals surface area (Å²) in [6, 6.07) is 13.1. The van der Waals surface area contributed by atoms with Crippen molar-refractivity contribution >= 4 is 40.0 Å². The Bertz CT molecular complexity index is 949. The van der Waals surface area contributed by atoms with Gasteiger partial charge in [0.2, 0.25) is 0 Å². The number of hydrogen-bond acceptors (Lipinski definition) is 5. The smallest absolute Gasteiger partial charge is 0.349 e. The van der Waals surface area contributed by atoms with E-state index in [0.29, 0.717) is 23.9 Å². The maximum absolute atomic E-state index is 12.9. The molecule has 0 radical (unpaired) electrons. The number of para-hydroxylation sites is 1. The predicted octanol–water partition coefficient (Wildman–Crippen LogP) is 4.17. The Balaban J connectivity index is 1.57. The normalized spacial score (nSPS) is 18.2. The van der Waals surface area contributed by atoms with Crippen LogP contribution in [0.4, 0.5) is 0 Å². The minimum absolute atomic E-state index is 0.123. The summed E-state index contributed by atoms with van der Waals surface area (Å²) < 4.78 is 5.31. The molecule has 4 nitrogen and oxygen atoms in total. The molecule has 1 unspecified atom stereocenters. The number of carbonyl (C=O) groups is 1. The summed E-state index contributed by atoms with van der Waals surface area (Å²) in [5.41, 5.74) is 0.0712. The fourth-order valence-corrected chi connectivity index (χ4v) is 5.29. The molecule has 1 fully saturated rings. The molecule has 6 heteroatoms. The maximum atomic E-state index is 12.9. The molecule has 0 spiro atoms. The molecule has 1 atom stereocenters. The molecule has 1 aliphatic heterocycles. The molecule has 0 saturated carbocycles. The van der Waals surface area contributed by atoms with Crippen LogP contribution in [0.25, 0.3) is 11.0 Å². The highest BCUT2D eigenvalue weighted by Crippen LogP contribution is 2.36. The third kappa shape index (κ3) is 3.37. The van der Waals surface area contributed by atoms with Gasteiger partial charge in [0.25, 0.3) is 5.91 Å². The maximum Gasteiger partial charge on any atom is 0.349 e. The monoisotopic (exact) mass is 371 g/mol. The lowest BCUT2D eigenvalue weighted by atomic mass is 10.1. The van der Waals surface area contributed by atoms with Crippen LogP contribution >= 0.6 is 23.1 Å². The zero-order valence-electron chi connectivity index (χ0n) is 13.5. The van der Waals surface area contributed by atoms with Gasteiger partial charge < -0.3 is 9.32 Å². The summed E-state index contributed by atoms with van der Waals surface area (Å²) in [5.74, 6) is 0.639. The zero-order chi connectivity index (χ0) is 17.2. The zero-order valence-corrected chi connectivity index (χ0v) is 15.1. The van der Waals surface area contributed by atoms with Crippen LogP contribution in [-0.2, 0) is 0 Å². The van der Waals surface area contributed by atoms with Crippen LogP contribution in [-0.4, -0.2) is 29.6 Å². The number of fused-ring (bicyclic) bond motifs is 1. The van der Waals surface area contributed by atoms with E-state index in [-0.39, 0.29) is 11.5 Å². The van der Waals surface area contributed by atoms with E-state index in [1.54, 1.807) is 28.4 Å². The van der Waals surface area contributed by atoms with Gasteiger partial charge in [-0.3, -0.25) is 4.79 Å². The molecule has 25 heavy (non-hydrogen) atoms. The SMILES string of the molecule is O=C(c1cc2ccccc2oc1=O)N1CCSC(c2cccs2)CC1. The minimum atomic E-state index is -0.560. The van der Waals surface area contributed by atoms with Gasteiger partial charge >= 0.3 is 5.63 Å². The number of thiophene rings is 1. The van der Waals surface area contributed by atoms with Crippen LogP contribution in [0.15, 0.2) is 57.1 Å². The van der Waals surface area contributed by atoms with Crippen molar-refractivity contribution < 1.29 is 9.21 Å². The van der Waals surface area contributed by atoms with Gasteiger partial charge in [-0.1, -0.05) is 24.3 Å². The lowest BCUT2D eigenvalue weighted by Gasteiger charge is -2.19.